The van der Waals surface area contributed by atoms with Gasteiger partial charge in [0.25, 0.3) is 0 Å². The van der Waals surface area contributed by atoms with E-state index in [0.717, 1.165) is 180 Å². The molecule has 0 fully saturated rings. The van der Waals surface area contributed by atoms with Crippen LogP contribution in [-0.2, 0) is 19.1 Å². The van der Waals surface area contributed by atoms with E-state index in [0.29, 0.717) is 12.8 Å². The summed E-state index contributed by atoms with van der Waals surface area (Å²) in [6.07, 6.45) is 116. The molecule has 0 aliphatic rings. The molecule has 1 atom stereocenters. The molecule has 0 saturated heterocycles. The molecule has 0 spiro atoms. The summed E-state index contributed by atoms with van der Waals surface area (Å²) in [4.78, 5) is 24.6. The van der Waals surface area contributed by atoms with Gasteiger partial charge in [-0.25, -0.2) is 0 Å². The molecular weight excluding hydrogens is 1030 g/mol. The van der Waals surface area contributed by atoms with Crippen molar-refractivity contribution >= 4 is 11.9 Å². The third kappa shape index (κ3) is 68.7. The lowest BCUT2D eigenvalue weighted by Crippen LogP contribution is -2.28. The number of hydrogen-bond acceptors (Lipinski definition) is 5. The summed E-state index contributed by atoms with van der Waals surface area (Å²) < 4.78 is 10.7. The van der Waals surface area contributed by atoms with E-state index in [1.54, 1.807) is 0 Å². The van der Waals surface area contributed by atoms with E-state index >= 15 is 0 Å². The molecule has 0 radical (unpaired) electrons. The molecular formula is C79H120O5. The van der Waals surface area contributed by atoms with Crippen LogP contribution >= 0.6 is 0 Å². The fourth-order valence-corrected chi connectivity index (χ4v) is 8.36. The number of carbonyl (C=O) groups is 2. The van der Waals surface area contributed by atoms with Crippen LogP contribution in [0.5, 0.6) is 0 Å². The Morgan fingerprint density at radius 3 is 0.714 bits per heavy atom. The lowest BCUT2D eigenvalue weighted by Gasteiger charge is -2.15. The van der Waals surface area contributed by atoms with Gasteiger partial charge in [-0.1, -0.05) is 297 Å². The maximum Gasteiger partial charge on any atom is 0.306 e. The van der Waals surface area contributed by atoms with Crippen molar-refractivity contribution in [3.8, 4) is 0 Å². The van der Waals surface area contributed by atoms with Crippen LogP contribution in [0.25, 0.3) is 0 Å². The van der Waals surface area contributed by atoms with E-state index in [-0.39, 0.29) is 25.2 Å². The number of unbranched alkanes of at least 4 members (excludes halogenated alkanes) is 14. The Bertz CT molecular complexity index is 2030. The van der Waals surface area contributed by atoms with Crippen LogP contribution in [0, 0.1) is 0 Å². The van der Waals surface area contributed by atoms with E-state index in [9.17, 15) is 14.7 Å². The Kier molecular flexibility index (Phi) is 66.6. The molecule has 0 aliphatic carbocycles. The zero-order valence-corrected chi connectivity index (χ0v) is 53.3. The van der Waals surface area contributed by atoms with E-state index in [1.165, 1.54) is 38.5 Å². The van der Waals surface area contributed by atoms with Crippen LogP contribution in [0.4, 0.5) is 0 Å². The molecule has 0 aromatic rings. The zero-order valence-electron chi connectivity index (χ0n) is 53.3. The predicted molar refractivity (Wildman–Crippen MR) is 370 cm³/mol. The van der Waals surface area contributed by atoms with Crippen LogP contribution in [0.15, 0.2) is 219 Å². The van der Waals surface area contributed by atoms with E-state index in [4.69, 9.17) is 9.47 Å². The Balaban J connectivity index is 3.65. The summed E-state index contributed by atoms with van der Waals surface area (Å²) in [6, 6.07) is 0. The molecule has 0 rings (SSSR count). The van der Waals surface area contributed by atoms with Crippen LogP contribution in [-0.4, -0.2) is 36.4 Å². The van der Waals surface area contributed by atoms with Gasteiger partial charge in [0.1, 0.15) is 6.61 Å². The first-order valence-electron chi connectivity index (χ1n) is 33.3. The predicted octanol–water partition coefficient (Wildman–Crippen LogP) is 23.5. The van der Waals surface area contributed by atoms with Gasteiger partial charge in [0.05, 0.1) is 6.61 Å². The normalized spacial score (nSPS) is 13.7. The molecule has 0 aromatic carbocycles. The minimum atomic E-state index is -0.803. The van der Waals surface area contributed by atoms with Gasteiger partial charge in [0, 0.05) is 12.8 Å². The SMILES string of the molecule is CC/C=C\C/C=C\C/C=C\C/C=C\C/C=C\C/C=C\C/C=C\C/C=C\C/C=C\CCCCCCCCCCCC(=O)OC(CO)COC(=O)CCCCCCC/C=C\C/C=C\C/C=C\C/C=C\C/C=C\C/C=C\C/C=C\C/C=C\C/C=C\CC. The Morgan fingerprint density at radius 2 is 0.476 bits per heavy atom. The van der Waals surface area contributed by atoms with Crippen molar-refractivity contribution in [1.29, 1.82) is 0 Å². The Labute approximate surface area is 516 Å². The highest BCUT2D eigenvalue weighted by molar-refractivity contribution is 5.70. The minimum Gasteiger partial charge on any atom is -0.462 e. The summed E-state index contributed by atoms with van der Waals surface area (Å²) in [5.41, 5.74) is 0. The van der Waals surface area contributed by atoms with Crippen molar-refractivity contribution < 1.29 is 24.2 Å². The summed E-state index contributed by atoms with van der Waals surface area (Å²) in [5.74, 6) is -0.636. The fraction of sp³-hybridized carbons (Fsp3) is 0.519. The zero-order chi connectivity index (χ0) is 60.5. The molecule has 0 bridgehead atoms. The Hall–Kier alpha value is -5.78. The quantitative estimate of drug-likeness (QED) is 0.0373. The largest absolute Gasteiger partial charge is 0.462 e. The summed E-state index contributed by atoms with van der Waals surface area (Å²) in [5, 5.41) is 9.69. The van der Waals surface area contributed by atoms with E-state index < -0.39 is 6.10 Å². The number of ether oxygens (including phenoxy) is 2. The molecule has 84 heavy (non-hydrogen) atoms. The summed E-state index contributed by atoms with van der Waals surface area (Å²) >= 11 is 0. The smallest absolute Gasteiger partial charge is 0.306 e. The molecule has 0 amide bonds. The number of allylic oxidation sites excluding steroid dienone is 36. The number of carbonyl (C=O) groups excluding carboxylic acids is 2. The number of rotatable bonds is 58. The number of hydrogen-bond donors (Lipinski definition) is 1. The van der Waals surface area contributed by atoms with E-state index in [1.807, 2.05) is 0 Å². The Morgan fingerprint density at radius 1 is 0.274 bits per heavy atom. The fourth-order valence-electron chi connectivity index (χ4n) is 8.36. The second-order valence-corrected chi connectivity index (χ2v) is 21.1. The lowest BCUT2D eigenvalue weighted by atomic mass is 10.1. The molecule has 5 heteroatoms. The molecule has 0 aromatic heterocycles. The lowest BCUT2D eigenvalue weighted by molar-refractivity contribution is -0.161. The number of aliphatic hydroxyl groups is 1. The molecule has 0 aliphatic heterocycles. The van der Waals surface area contributed by atoms with Gasteiger partial charge in [-0.15, -0.1) is 0 Å². The van der Waals surface area contributed by atoms with Crippen molar-refractivity contribution in [3.05, 3.63) is 219 Å². The molecule has 1 unspecified atom stereocenters. The van der Waals surface area contributed by atoms with Gasteiger partial charge in [-0.3, -0.25) is 9.59 Å². The third-order valence-corrected chi connectivity index (χ3v) is 13.3. The summed E-state index contributed by atoms with van der Waals surface area (Å²) in [6.45, 7) is 3.88. The first-order chi connectivity index (χ1) is 41.6. The molecule has 5 nitrogen and oxygen atoms in total. The second-order valence-electron chi connectivity index (χ2n) is 21.1. The molecule has 0 heterocycles. The van der Waals surface area contributed by atoms with Crippen molar-refractivity contribution in [2.24, 2.45) is 0 Å². The summed E-state index contributed by atoms with van der Waals surface area (Å²) in [7, 11) is 0. The van der Waals surface area contributed by atoms with Gasteiger partial charge in [-0.05, 0) is 154 Å². The topological polar surface area (TPSA) is 72.8 Å². The van der Waals surface area contributed by atoms with Crippen molar-refractivity contribution in [2.75, 3.05) is 13.2 Å². The van der Waals surface area contributed by atoms with Crippen molar-refractivity contribution in [1.82, 2.24) is 0 Å². The average Bonchev–Trinajstić information content (AvgIpc) is 3.51. The van der Waals surface area contributed by atoms with Crippen LogP contribution in [0.2, 0.25) is 0 Å². The van der Waals surface area contributed by atoms with Gasteiger partial charge in [0.15, 0.2) is 6.10 Å². The maximum absolute atomic E-state index is 12.4. The van der Waals surface area contributed by atoms with Crippen LogP contribution < -0.4 is 0 Å². The maximum atomic E-state index is 12.4. The molecule has 0 saturated carbocycles. The highest BCUT2D eigenvalue weighted by atomic mass is 16.6. The van der Waals surface area contributed by atoms with Crippen molar-refractivity contribution in [2.45, 2.75) is 251 Å². The molecule has 1 N–H and O–H groups in total. The monoisotopic (exact) mass is 1150 g/mol. The standard InChI is InChI=1S/C79H120O5/c1-3-5-7-9-11-13-15-17-19-21-23-25-27-29-31-33-35-37-38-39-40-42-44-46-48-50-52-54-56-58-60-62-64-66-68-70-72-74-79(82)84-77(75-80)76-83-78(81)73-71-69-67-65-63-61-59-57-55-53-51-49-47-45-43-41-36-34-32-30-28-26-24-22-20-18-16-14-12-10-8-6-4-2/h5-8,11-14,17-20,23-26,29-32,35-37,39-41,44-47,50-53,57,59,77,80H,3-4,9-10,15-16,21-22,27-28,33-34,38,42-43,48-49,54-56,58,60-76H2,1-2H3/b7-5-,8-6-,13-11-,14-12-,19-17-,20-18-,25-23-,26-24-,31-29-,32-30-,37-35-,40-39-,41-36-,46-44-,47-45-,52-50-,53-51-,59-57-. The van der Waals surface area contributed by atoms with Crippen LogP contribution in [0.1, 0.15) is 245 Å². The van der Waals surface area contributed by atoms with E-state index in [2.05, 4.69) is 233 Å². The minimum absolute atomic E-state index is 0.0935. The number of aliphatic hydroxyl groups excluding tert-OH is 1. The first-order valence-corrected chi connectivity index (χ1v) is 33.3. The van der Waals surface area contributed by atoms with Gasteiger partial charge >= 0.3 is 11.9 Å². The van der Waals surface area contributed by atoms with Gasteiger partial charge in [0.2, 0.25) is 0 Å². The average molecular weight is 1150 g/mol. The first kappa shape index (κ1) is 78.2. The third-order valence-electron chi connectivity index (χ3n) is 13.3. The van der Waals surface area contributed by atoms with Crippen LogP contribution in [0.3, 0.4) is 0 Å². The van der Waals surface area contributed by atoms with Gasteiger partial charge in [-0.2, -0.15) is 0 Å². The van der Waals surface area contributed by atoms with Crippen molar-refractivity contribution in [3.63, 3.8) is 0 Å². The highest BCUT2D eigenvalue weighted by Gasteiger charge is 2.16. The number of esters is 2. The van der Waals surface area contributed by atoms with Gasteiger partial charge < -0.3 is 14.6 Å². The highest BCUT2D eigenvalue weighted by Crippen LogP contribution is 2.14. The second kappa shape index (κ2) is 71.5. The molecule has 466 valence electrons.